The Kier molecular flexibility index (Phi) is 9.25. The maximum atomic E-state index is 2.71. The number of hydrogen-bond acceptors (Lipinski definition) is 0. The van der Waals surface area contributed by atoms with E-state index in [4.69, 9.17) is 0 Å². The van der Waals surface area contributed by atoms with Crippen molar-refractivity contribution in [3.05, 3.63) is 311 Å². The molecule has 0 saturated carbocycles. The standard InChI is InChI=1S/C76H50/c1-46-27-28-47(2)42-55(41-46)76(68-39-33-53-19-7-13-25-60(53)74(68)75-61-26-14-8-20-54(61)34-40-69(75)76)45-48(43-66-62-35-29-49-15-3-9-21-56(49)70(62)71-57-22-10-4-16-50(57)30-36-63(66)71)44-67-64-37-31-51-17-5-11-23-58(51)72(64)73-59-24-12-6-18-52(59)32-38-65(67)73/h3-45,55H,1-2H3. The molecular formula is C76H50. The molecule has 354 valence electrons. The molecule has 0 saturated heterocycles. The number of benzene rings is 12. The molecule has 16 rings (SSSR count). The lowest BCUT2D eigenvalue weighted by atomic mass is 9.66. The summed E-state index contributed by atoms with van der Waals surface area (Å²) in [5.41, 5.74) is 21.2. The minimum absolute atomic E-state index is 0.0382. The first-order chi connectivity index (χ1) is 37.5. The van der Waals surface area contributed by atoms with E-state index in [0.717, 1.165) is 0 Å². The fraction of sp³-hybridized carbons (Fsp3) is 0.0526. The van der Waals surface area contributed by atoms with E-state index >= 15 is 0 Å². The second kappa shape index (κ2) is 16.3. The van der Waals surface area contributed by atoms with Crippen LogP contribution in [-0.2, 0) is 5.41 Å². The minimum atomic E-state index is -0.648. The molecule has 0 fully saturated rings. The molecule has 0 amide bonds. The highest BCUT2D eigenvalue weighted by molar-refractivity contribution is 6.21. The van der Waals surface area contributed by atoms with Gasteiger partial charge in [-0.2, -0.15) is 0 Å². The van der Waals surface area contributed by atoms with Gasteiger partial charge >= 0.3 is 0 Å². The molecule has 0 nitrogen and oxygen atoms in total. The Labute approximate surface area is 442 Å². The van der Waals surface area contributed by atoms with E-state index in [1.807, 2.05) is 0 Å². The van der Waals surface area contributed by atoms with Crippen LogP contribution >= 0.6 is 0 Å². The molecule has 0 heteroatoms. The van der Waals surface area contributed by atoms with Gasteiger partial charge in [-0.1, -0.05) is 260 Å². The summed E-state index contributed by atoms with van der Waals surface area (Å²) < 4.78 is 0. The van der Waals surface area contributed by atoms with Gasteiger partial charge in [0.05, 0.1) is 5.41 Å². The molecule has 0 N–H and O–H groups in total. The molecule has 76 heavy (non-hydrogen) atoms. The van der Waals surface area contributed by atoms with E-state index in [1.165, 1.54) is 159 Å². The van der Waals surface area contributed by atoms with Crippen molar-refractivity contribution >= 4 is 75.8 Å². The third kappa shape index (κ3) is 6.13. The summed E-state index contributed by atoms with van der Waals surface area (Å²) in [5, 5.41) is 15.2. The van der Waals surface area contributed by atoms with Gasteiger partial charge in [-0.15, -0.1) is 0 Å². The molecule has 0 atom stereocenters. The molecule has 4 aliphatic rings. The normalized spacial score (nSPS) is 14.8. The lowest BCUT2D eigenvalue weighted by Gasteiger charge is -2.36. The predicted octanol–water partition coefficient (Wildman–Crippen LogP) is 20.1. The van der Waals surface area contributed by atoms with Gasteiger partial charge in [-0.25, -0.2) is 0 Å². The molecule has 0 spiro atoms. The van der Waals surface area contributed by atoms with Crippen molar-refractivity contribution in [2.75, 3.05) is 0 Å². The fourth-order valence-electron chi connectivity index (χ4n) is 14.2. The Hall–Kier alpha value is -9.36. The Bertz CT molecular complexity index is 4300. The number of fused-ring (bicyclic) bond motifs is 21. The molecule has 0 heterocycles. The van der Waals surface area contributed by atoms with Crippen molar-refractivity contribution in [3.8, 4) is 33.4 Å². The summed E-state index contributed by atoms with van der Waals surface area (Å²) >= 11 is 0. The first-order valence-electron chi connectivity index (χ1n) is 26.9. The van der Waals surface area contributed by atoms with E-state index in [9.17, 15) is 0 Å². The summed E-state index contributed by atoms with van der Waals surface area (Å²) in [6, 6.07) is 82.5. The van der Waals surface area contributed by atoms with Gasteiger partial charge in [0, 0.05) is 5.92 Å². The average Bonchev–Trinajstić information content (AvgIpc) is 4.24. The van der Waals surface area contributed by atoms with Crippen LogP contribution in [0.25, 0.3) is 109 Å². The average molecular weight is 963 g/mol. The highest BCUT2D eigenvalue weighted by Crippen LogP contribution is 2.60. The number of rotatable bonds is 4. The van der Waals surface area contributed by atoms with Crippen LogP contribution in [0, 0.1) is 5.92 Å². The van der Waals surface area contributed by atoms with Crippen molar-refractivity contribution in [3.63, 3.8) is 0 Å². The largest absolute Gasteiger partial charge is 0.0731 e. The van der Waals surface area contributed by atoms with Crippen LogP contribution in [0.4, 0.5) is 0 Å². The van der Waals surface area contributed by atoms with Gasteiger partial charge < -0.3 is 0 Å². The summed E-state index contributed by atoms with van der Waals surface area (Å²) in [6.45, 7) is 4.55. The van der Waals surface area contributed by atoms with Crippen LogP contribution in [0.1, 0.15) is 47.2 Å². The lowest BCUT2D eigenvalue weighted by Crippen LogP contribution is -2.31. The highest BCUT2D eigenvalue weighted by atomic mass is 14.5. The van der Waals surface area contributed by atoms with Gasteiger partial charge in [-0.05, 0) is 174 Å². The maximum Gasteiger partial charge on any atom is 0.0500 e. The fourth-order valence-corrected chi connectivity index (χ4v) is 14.2. The van der Waals surface area contributed by atoms with Crippen molar-refractivity contribution in [2.24, 2.45) is 5.92 Å². The summed E-state index contributed by atoms with van der Waals surface area (Å²) in [4.78, 5) is 0. The van der Waals surface area contributed by atoms with E-state index < -0.39 is 5.41 Å². The summed E-state index contributed by atoms with van der Waals surface area (Å²) in [7, 11) is 0. The Balaban J connectivity index is 1.09. The molecule has 0 unspecified atom stereocenters. The Morgan fingerprint density at radius 3 is 0.908 bits per heavy atom. The monoisotopic (exact) mass is 962 g/mol. The lowest BCUT2D eigenvalue weighted by molar-refractivity contribution is 0.553. The van der Waals surface area contributed by atoms with Gasteiger partial charge in [0.25, 0.3) is 0 Å². The predicted molar refractivity (Wildman–Crippen MR) is 324 cm³/mol. The molecule has 4 aliphatic carbocycles. The van der Waals surface area contributed by atoms with Crippen molar-refractivity contribution < 1.29 is 0 Å². The topological polar surface area (TPSA) is 0 Å². The molecular weight excluding hydrogens is 913 g/mol. The smallest absolute Gasteiger partial charge is 0.0500 e. The molecule has 12 aromatic rings. The number of hydrogen-bond donors (Lipinski definition) is 0. The second-order valence-electron chi connectivity index (χ2n) is 21.6. The zero-order valence-corrected chi connectivity index (χ0v) is 42.4. The van der Waals surface area contributed by atoms with E-state index in [2.05, 4.69) is 275 Å². The highest BCUT2D eigenvalue weighted by Gasteiger charge is 2.48. The molecule has 12 aromatic carbocycles. The van der Waals surface area contributed by atoms with Gasteiger partial charge in [0.1, 0.15) is 0 Å². The first-order valence-corrected chi connectivity index (χ1v) is 26.9. The first kappa shape index (κ1) is 43.1. The van der Waals surface area contributed by atoms with Gasteiger partial charge in [0.15, 0.2) is 0 Å². The SMILES string of the molecule is CC1=CC(C2(C=C(C=C3c4ccc5ccccc5c4-c4c3ccc3ccccc43)C=C3c4ccc5ccccc5c4-c4c3ccc3ccccc43)c3ccc4ccccc4c3-c3c2ccc2ccccc32)C=C(C)C=C1. The summed E-state index contributed by atoms with van der Waals surface area (Å²) in [6.07, 6.45) is 17.5. The zero-order valence-electron chi connectivity index (χ0n) is 42.4. The van der Waals surface area contributed by atoms with Crippen LogP contribution in [0.5, 0.6) is 0 Å². The van der Waals surface area contributed by atoms with Gasteiger partial charge in [-0.3, -0.25) is 0 Å². The van der Waals surface area contributed by atoms with Crippen molar-refractivity contribution in [1.29, 1.82) is 0 Å². The molecule has 0 radical (unpaired) electrons. The zero-order chi connectivity index (χ0) is 50.2. The molecule has 0 aromatic heterocycles. The Morgan fingerprint density at radius 1 is 0.316 bits per heavy atom. The third-order valence-corrected chi connectivity index (χ3v) is 17.4. The van der Waals surface area contributed by atoms with Crippen LogP contribution in [0.15, 0.2) is 278 Å². The second-order valence-corrected chi connectivity index (χ2v) is 21.6. The van der Waals surface area contributed by atoms with Crippen LogP contribution in [-0.4, -0.2) is 0 Å². The summed E-state index contributed by atoms with van der Waals surface area (Å²) in [5.74, 6) is -0.0382. The van der Waals surface area contributed by atoms with E-state index in [1.54, 1.807) is 0 Å². The van der Waals surface area contributed by atoms with E-state index in [-0.39, 0.29) is 5.92 Å². The van der Waals surface area contributed by atoms with Crippen LogP contribution in [0.2, 0.25) is 0 Å². The Morgan fingerprint density at radius 2 is 0.592 bits per heavy atom. The van der Waals surface area contributed by atoms with Crippen molar-refractivity contribution in [2.45, 2.75) is 19.3 Å². The number of allylic oxidation sites excluding steroid dienone is 10. The third-order valence-electron chi connectivity index (χ3n) is 17.4. The minimum Gasteiger partial charge on any atom is -0.0731 e. The van der Waals surface area contributed by atoms with Crippen LogP contribution in [0.3, 0.4) is 0 Å². The molecule has 0 bridgehead atoms. The van der Waals surface area contributed by atoms with Gasteiger partial charge in [0.2, 0.25) is 0 Å². The van der Waals surface area contributed by atoms with Crippen molar-refractivity contribution in [1.82, 2.24) is 0 Å². The quantitative estimate of drug-likeness (QED) is 0.165. The van der Waals surface area contributed by atoms with E-state index in [0.29, 0.717) is 0 Å². The maximum absolute atomic E-state index is 2.71. The van der Waals surface area contributed by atoms with Crippen LogP contribution < -0.4 is 0 Å². The molecule has 0 aliphatic heterocycles.